The lowest BCUT2D eigenvalue weighted by Crippen LogP contribution is -2.50. The van der Waals surface area contributed by atoms with Crippen LogP contribution in [0.1, 0.15) is 62.3 Å². The van der Waals surface area contributed by atoms with Crippen LogP contribution < -0.4 is 0 Å². The first kappa shape index (κ1) is 17.9. The lowest BCUT2D eigenvalue weighted by molar-refractivity contribution is -0.0370. The largest absolute Gasteiger partial charge is 0.413 e. The van der Waals surface area contributed by atoms with Crippen molar-refractivity contribution in [2.24, 2.45) is 0 Å². The van der Waals surface area contributed by atoms with Crippen LogP contribution in [0.2, 0.25) is 16.6 Å². The molecule has 0 saturated heterocycles. The predicted molar refractivity (Wildman–Crippen MR) is 89.7 cm³/mol. The zero-order chi connectivity index (χ0) is 15.7. The van der Waals surface area contributed by atoms with Gasteiger partial charge in [-0.3, -0.25) is 0 Å². The van der Waals surface area contributed by atoms with Crippen LogP contribution in [0.25, 0.3) is 0 Å². The van der Waals surface area contributed by atoms with Crippen LogP contribution in [0.5, 0.6) is 0 Å². The zero-order valence-electron chi connectivity index (χ0n) is 14.9. The summed E-state index contributed by atoms with van der Waals surface area (Å²) >= 11 is 0. The van der Waals surface area contributed by atoms with E-state index in [0.717, 1.165) is 0 Å². The Morgan fingerprint density at radius 1 is 1.15 bits per heavy atom. The lowest BCUT2D eigenvalue weighted by atomic mass is 10.1. The maximum Gasteiger partial charge on any atom is 0.200 e. The van der Waals surface area contributed by atoms with Crippen molar-refractivity contribution in [2.45, 2.75) is 90.6 Å². The van der Waals surface area contributed by atoms with Crippen LogP contribution in [0.3, 0.4) is 0 Å². The van der Waals surface area contributed by atoms with E-state index in [0.29, 0.717) is 23.2 Å². The second kappa shape index (κ2) is 6.33. The fraction of sp³-hybridized carbons (Fsp3) is 0.882. The fourth-order valence-electron chi connectivity index (χ4n) is 3.97. The number of rotatable bonds is 6. The Labute approximate surface area is 127 Å². The molecule has 2 atom stereocenters. The molecular weight excluding hydrogens is 264 g/mol. The highest BCUT2D eigenvalue weighted by molar-refractivity contribution is 6.77. The molecule has 3 heteroatoms. The molecule has 0 aromatic heterocycles. The van der Waals surface area contributed by atoms with Crippen molar-refractivity contribution >= 4 is 8.32 Å². The molecule has 118 valence electrons. The second-order valence-corrected chi connectivity index (χ2v) is 13.0. The first-order valence-electron chi connectivity index (χ1n) is 8.06. The lowest BCUT2D eigenvalue weighted by Gasteiger charge is -2.43. The molecule has 0 bridgehead atoms. The Morgan fingerprint density at radius 3 is 1.90 bits per heavy atom. The highest BCUT2D eigenvalue weighted by Gasteiger charge is 2.46. The molecule has 0 amide bonds. The zero-order valence-corrected chi connectivity index (χ0v) is 15.9. The van der Waals surface area contributed by atoms with Crippen LogP contribution in [-0.4, -0.2) is 26.6 Å². The third-order valence-corrected chi connectivity index (χ3v) is 11.0. The monoisotopic (exact) mass is 298 g/mol. The Morgan fingerprint density at radius 2 is 1.60 bits per heavy atom. The highest BCUT2D eigenvalue weighted by atomic mass is 28.4. The molecule has 0 aromatic rings. The average Bonchev–Trinajstić information content (AvgIpc) is 2.52. The normalized spacial score (nSPS) is 27.8. The standard InChI is InChI=1S/C17H34O2Si/c1-12(2)20(13(3)4,14(5)6)18-11-17(9)10-15(7)16(8)19-17/h10,12-14,16H,11H2,1-9H3/t16-,17-/m1/s1. The van der Waals surface area contributed by atoms with Gasteiger partial charge in [0.15, 0.2) is 8.32 Å². The maximum absolute atomic E-state index is 6.67. The summed E-state index contributed by atoms with van der Waals surface area (Å²) < 4.78 is 12.8. The molecule has 0 saturated carbocycles. The first-order chi connectivity index (χ1) is 9.05. The van der Waals surface area contributed by atoms with E-state index in [2.05, 4.69) is 68.4 Å². The fourth-order valence-corrected chi connectivity index (χ4v) is 9.51. The van der Waals surface area contributed by atoms with Crippen molar-refractivity contribution in [3.05, 3.63) is 11.6 Å². The summed E-state index contributed by atoms with van der Waals surface area (Å²) in [5, 5.41) is 0. The van der Waals surface area contributed by atoms with Gasteiger partial charge in [-0.15, -0.1) is 0 Å². The minimum absolute atomic E-state index is 0.219. The van der Waals surface area contributed by atoms with Gasteiger partial charge in [0, 0.05) is 0 Å². The van der Waals surface area contributed by atoms with E-state index < -0.39 is 8.32 Å². The molecule has 0 aliphatic carbocycles. The quantitative estimate of drug-likeness (QED) is 0.489. The topological polar surface area (TPSA) is 18.5 Å². The molecule has 1 rings (SSSR count). The Balaban J connectivity index is 2.88. The summed E-state index contributed by atoms with van der Waals surface area (Å²) in [6.45, 7) is 21.1. The molecule has 0 aromatic carbocycles. The summed E-state index contributed by atoms with van der Waals surface area (Å²) in [5.74, 6) is 0. The van der Waals surface area contributed by atoms with Crippen LogP contribution >= 0.6 is 0 Å². The van der Waals surface area contributed by atoms with Gasteiger partial charge >= 0.3 is 0 Å². The van der Waals surface area contributed by atoms with Crippen LogP contribution in [0, 0.1) is 0 Å². The number of hydrogen-bond donors (Lipinski definition) is 0. The van der Waals surface area contributed by atoms with Crippen molar-refractivity contribution in [3.8, 4) is 0 Å². The van der Waals surface area contributed by atoms with E-state index in [1.165, 1.54) is 5.57 Å². The molecule has 0 radical (unpaired) electrons. The van der Waals surface area contributed by atoms with Crippen LogP contribution in [0.4, 0.5) is 0 Å². The summed E-state index contributed by atoms with van der Waals surface area (Å²) in [6, 6.07) is 0. The van der Waals surface area contributed by atoms with Gasteiger partial charge in [-0.25, -0.2) is 0 Å². The minimum atomic E-state index is -1.80. The van der Waals surface area contributed by atoms with Gasteiger partial charge in [-0.2, -0.15) is 0 Å². The Kier molecular flexibility index (Phi) is 5.67. The van der Waals surface area contributed by atoms with Crippen LogP contribution in [-0.2, 0) is 9.16 Å². The smallest absolute Gasteiger partial charge is 0.200 e. The van der Waals surface area contributed by atoms with Crippen LogP contribution in [0.15, 0.2) is 11.6 Å². The SMILES string of the molecule is CC1=C[C@](C)(CO[Si](C(C)C)(C(C)C)C(C)C)O[C@@H]1C. The molecule has 1 heterocycles. The molecular formula is C17H34O2Si. The Bertz CT molecular complexity index is 338. The second-order valence-electron chi connectivity index (χ2n) is 7.57. The summed E-state index contributed by atoms with van der Waals surface area (Å²) in [6.07, 6.45) is 2.47. The number of ether oxygens (including phenoxy) is 1. The van der Waals surface area contributed by atoms with Gasteiger partial charge in [-0.05, 0) is 49.0 Å². The van der Waals surface area contributed by atoms with Crippen molar-refractivity contribution in [1.82, 2.24) is 0 Å². The minimum Gasteiger partial charge on any atom is -0.413 e. The maximum atomic E-state index is 6.67. The third-order valence-electron chi connectivity index (χ3n) is 4.94. The first-order valence-corrected chi connectivity index (χ1v) is 10.2. The molecule has 1 aliphatic rings. The van der Waals surface area contributed by atoms with E-state index >= 15 is 0 Å². The molecule has 0 N–H and O–H groups in total. The van der Waals surface area contributed by atoms with Gasteiger partial charge in [0.1, 0.15) is 5.60 Å². The van der Waals surface area contributed by atoms with Gasteiger partial charge in [0.25, 0.3) is 0 Å². The van der Waals surface area contributed by atoms with Gasteiger partial charge in [0.2, 0.25) is 0 Å². The number of hydrogen-bond acceptors (Lipinski definition) is 2. The van der Waals surface area contributed by atoms with E-state index in [4.69, 9.17) is 9.16 Å². The van der Waals surface area contributed by atoms with Crippen molar-refractivity contribution < 1.29 is 9.16 Å². The van der Waals surface area contributed by atoms with Crippen molar-refractivity contribution in [3.63, 3.8) is 0 Å². The summed E-state index contributed by atoms with van der Waals surface area (Å²) in [4.78, 5) is 0. The molecule has 0 unspecified atom stereocenters. The van der Waals surface area contributed by atoms with Gasteiger partial charge in [-0.1, -0.05) is 41.5 Å². The van der Waals surface area contributed by atoms with E-state index in [-0.39, 0.29) is 11.7 Å². The predicted octanol–water partition coefficient (Wildman–Crippen LogP) is 5.30. The molecule has 1 aliphatic heterocycles. The molecule has 20 heavy (non-hydrogen) atoms. The van der Waals surface area contributed by atoms with Gasteiger partial charge < -0.3 is 9.16 Å². The Hall–Kier alpha value is -0.123. The average molecular weight is 299 g/mol. The van der Waals surface area contributed by atoms with E-state index in [9.17, 15) is 0 Å². The van der Waals surface area contributed by atoms with Crippen molar-refractivity contribution in [2.75, 3.05) is 6.61 Å². The summed E-state index contributed by atoms with van der Waals surface area (Å²) in [7, 11) is -1.80. The molecule has 2 nitrogen and oxygen atoms in total. The van der Waals surface area contributed by atoms with Crippen molar-refractivity contribution in [1.29, 1.82) is 0 Å². The third kappa shape index (κ3) is 3.37. The summed E-state index contributed by atoms with van der Waals surface area (Å²) in [5.41, 5.74) is 2.93. The van der Waals surface area contributed by atoms with Gasteiger partial charge in [0.05, 0.1) is 12.7 Å². The molecule has 0 spiro atoms. The molecule has 0 fully saturated rings. The highest BCUT2D eigenvalue weighted by Crippen LogP contribution is 2.43. The van der Waals surface area contributed by atoms with E-state index in [1.807, 2.05) is 0 Å². The van der Waals surface area contributed by atoms with E-state index in [1.54, 1.807) is 0 Å².